The zero-order valence-electron chi connectivity index (χ0n) is 7.34. The molecular formula is C10H7AlNO2. The van der Waals surface area contributed by atoms with Crippen LogP contribution in [0.3, 0.4) is 0 Å². The molecule has 0 aliphatic carbocycles. The summed E-state index contributed by atoms with van der Waals surface area (Å²) in [6.07, 6.45) is 1.59. The maximum absolute atomic E-state index is 10.8. The van der Waals surface area contributed by atoms with E-state index < -0.39 is 5.97 Å². The predicted octanol–water partition coefficient (Wildman–Crippen LogP) is 1.55. The summed E-state index contributed by atoms with van der Waals surface area (Å²) < 4.78 is 0. The van der Waals surface area contributed by atoms with Crippen LogP contribution in [0.25, 0.3) is 10.9 Å². The third-order valence-electron chi connectivity index (χ3n) is 1.86. The van der Waals surface area contributed by atoms with Gasteiger partial charge < -0.3 is 5.11 Å². The molecule has 67 valence electrons. The fraction of sp³-hybridized carbons (Fsp3) is 0. The lowest BCUT2D eigenvalue weighted by Gasteiger charge is -1.99. The van der Waals surface area contributed by atoms with E-state index in [2.05, 4.69) is 4.98 Å². The van der Waals surface area contributed by atoms with Crippen LogP contribution in [0.1, 0.15) is 10.4 Å². The molecule has 3 radical (unpaired) electrons. The van der Waals surface area contributed by atoms with E-state index in [0.29, 0.717) is 5.52 Å². The molecule has 0 amide bonds. The maximum atomic E-state index is 10.8. The molecule has 0 spiro atoms. The third-order valence-corrected chi connectivity index (χ3v) is 1.86. The highest BCUT2D eigenvalue weighted by Crippen LogP contribution is 2.15. The molecule has 1 aromatic heterocycles. The van der Waals surface area contributed by atoms with Gasteiger partial charge in [-0.3, -0.25) is 4.98 Å². The molecule has 14 heavy (non-hydrogen) atoms. The van der Waals surface area contributed by atoms with Gasteiger partial charge in [0.05, 0.1) is 11.1 Å². The molecule has 1 heterocycles. The van der Waals surface area contributed by atoms with Crippen molar-refractivity contribution in [2.24, 2.45) is 0 Å². The van der Waals surface area contributed by atoms with Crippen molar-refractivity contribution in [3.8, 4) is 0 Å². The summed E-state index contributed by atoms with van der Waals surface area (Å²) in [4.78, 5) is 14.8. The number of fused-ring (bicyclic) bond motifs is 1. The first kappa shape index (κ1) is 10.7. The van der Waals surface area contributed by atoms with E-state index in [-0.39, 0.29) is 22.9 Å². The van der Waals surface area contributed by atoms with Gasteiger partial charge in [-0.1, -0.05) is 18.2 Å². The second-order valence-electron chi connectivity index (χ2n) is 2.69. The molecule has 2 aromatic rings. The lowest BCUT2D eigenvalue weighted by Crippen LogP contribution is -1.97. The molecular weight excluding hydrogens is 193 g/mol. The molecule has 0 unspecified atom stereocenters. The zero-order valence-corrected chi connectivity index (χ0v) is 8.50. The number of hydrogen-bond acceptors (Lipinski definition) is 2. The van der Waals surface area contributed by atoms with Gasteiger partial charge in [0, 0.05) is 28.9 Å². The van der Waals surface area contributed by atoms with Crippen molar-refractivity contribution in [2.45, 2.75) is 0 Å². The van der Waals surface area contributed by atoms with Crippen molar-refractivity contribution >= 4 is 34.2 Å². The average molecular weight is 200 g/mol. The first-order valence-corrected chi connectivity index (χ1v) is 3.86. The van der Waals surface area contributed by atoms with Crippen LogP contribution in [-0.2, 0) is 0 Å². The van der Waals surface area contributed by atoms with E-state index in [9.17, 15) is 4.79 Å². The number of para-hydroxylation sites is 1. The standard InChI is InChI=1S/C10H7NO2.Al/c12-10(13)8-5-1-3-7-4-2-6-11-9(7)8;/h1-6H,(H,12,13);. The minimum absolute atomic E-state index is 0. The monoisotopic (exact) mass is 200 g/mol. The number of pyridine rings is 1. The van der Waals surface area contributed by atoms with E-state index in [1.54, 1.807) is 24.4 Å². The number of rotatable bonds is 1. The van der Waals surface area contributed by atoms with E-state index in [1.165, 1.54) is 0 Å². The Labute approximate surface area is 91.5 Å². The Morgan fingerprint density at radius 2 is 1.93 bits per heavy atom. The van der Waals surface area contributed by atoms with Gasteiger partial charge in [0.1, 0.15) is 0 Å². The quantitative estimate of drug-likeness (QED) is 0.710. The molecule has 0 saturated heterocycles. The van der Waals surface area contributed by atoms with Gasteiger partial charge in [-0.2, -0.15) is 0 Å². The fourth-order valence-corrected chi connectivity index (χ4v) is 1.28. The molecule has 2 rings (SSSR count). The molecule has 4 heteroatoms. The van der Waals surface area contributed by atoms with Gasteiger partial charge in [-0.25, -0.2) is 4.79 Å². The molecule has 0 aliphatic rings. The molecule has 3 nitrogen and oxygen atoms in total. The summed E-state index contributed by atoms with van der Waals surface area (Å²) in [5.41, 5.74) is 0.788. The molecule has 0 atom stereocenters. The van der Waals surface area contributed by atoms with Gasteiger partial charge in [-0.15, -0.1) is 0 Å². The minimum Gasteiger partial charge on any atom is -0.478 e. The number of benzene rings is 1. The predicted molar refractivity (Wildman–Crippen MR) is 54.5 cm³/mol. The first-order valence-electron chi connectivity index (χ1n) is 3.86. The van der Waals surface area contributed by atoms with Gasteiger partial charge in [0.25, 0.3) is 0 Å². The normalized spacial score (nSPS) is 9.43. The summed E-state index contributed by atoms with van der Waals surface area (Å²) in [6, 6.07) is 8.74. The highest BCUT2D eigenvalue weighted by molar-refractivity contribution is 6.01. The lowest BCUT2D eigenvalue weighted by atomic mass is 10.1. The van der Waals surface area contributed by atoms with Gasteiger partial charge in [-0.05, 0) is 12.1 Å². The van der Waals surface area contributed by atoms with Crippen LogP contribution >= 0.6 is 0 Å². The van der Waals surface area contributed by atoms with Crippen molar-refractivity contribution in [1.82, 2.24) is 4.98 Å². The van der Waals surface area contributed by atoms with Crippen LogP contribution in [0.4, 0.5) is 0 Å². The van der Waals surface area contributed by atoms with Crippen LogP contribution in [0.5, 0.6) is 0 Å². The van der Waals surface area contributed by atoms with Crippen molar-refractivity contribution in [3.05, 3.63) is 42.1 Å². The number of carboxylic acids is 1. The van der Waals surface area contributed by atoms with E-state index >= 15 is 0 Å². The van der Waals surface area contributed by atoms with Gasteiger partial charge in [0.2, 0.25) is 0 Å². The summed E-state index contributed by atoms with van der Waals surface area (Å²) in [6.45, 7) is 0. The van der Waals surface area contributed by atoms with E-state index in [0.717, 1.165) is 5.39 Å². The highest BCUT2D eigenvalue weighted by Gasteiger charge is 2.07. The van der Waals surface area contributed by atoms with Crippen LogP contribution in [0.2, 0.25) is 0 Å². The molecule has 0 saturated carbocycles. The third kappa shape index (κ3) is 1.77. The Kier molecular flexibility index (Phi) is 3.24. The van der Waals surface area contributed by atoms with Gasteiger partial charge >= 0.3 is 5.97 Å². The number of hydrogen-bond donors (Lipinski definition) is 1. The molecule has 1 aromatic carbocycles. The molecule has 0 aliphatic heterocycles. The average Bonchev–Trinajstić information content (AvgIpc) is 2.17. The molecule has 0 bridgehead atoms. The van der Waals surface area contributed by atoms with E-state index in [4.69, 9.17) is 5.11 Å². The first-order chi connectivity index (χ1) is 6.29. The molecule has 0 fully saturated rings. The Hall–Kier alpha value is -1.37. The SMILES string of the molecule is O=C(O)c1cccc2cccnc12.[Al]. The van der Waals surface area contributed by atoms with Crippen molar-refractivity contribution in [1.29, 1.82) is 0 Å². The largest absolute Gasteiger partial charge is 0.478 e. The Morgan fingerprint density at radius 1 is 1.21 bits per heavy atom. The Morgan fingerprint density at radius 3 is 2.64 bits per heavy atom. The summed E-state index contributed by atoms with van der Waals surface area (Å²) in [7, 11) is 0. The van der Waals surface area contributed by atoms with Crippen LogP contribution < -0.4 is 0 Å². The summed E-state index contributed by atoms with van der Waals surface area (Å²) >= 11 is 0. The number of nitrogens with zero attached hydrogens (tertiary/aromatic N) is 1. The summed E-state index contributed by atoms with van der Waals surface area (Å²) in [5.74, 6) is -0.940. The zero-order chi connectivity index (χ0) is 9.26. The number of carboxylic acid groups (broad SMARTS) is 1. The Bertz CT molecular complexity index is 465. The highest BCUT2D eigenvalue weighted by atomic mass is 27.0. The van der Waals surface area contributed by atoms with E-state index in [1.807, 2.05) is 12.1 Å². The van der Waals surface area contributed by atoms with Crippen LogP contribution in [0.15, 0.2) is 36.5 Å². The van der Waals surface area contributed by atoms with Crippen LogP contribution in [-0.4, -0.2) is 33.4 Å². The minimum atomic E-state index is -0.940. The maximum Gasteiger partial charge on any atom is 0.337 e. The topological polar surface area (TPSA) is 50.2 Å². The van der Waals surface area contributed by atoms with Gasteiger partial charge in [0.15, 0.2) is 0 Å². The number of aromatic nitrogens is 1. The smallest absolute Gasteiger partial charge is 0.337 e. The second-order valence-corrected chi connectivity index (χ2v) is 2.69. The van der Waals surface area contributed by atoms with Crippen molar-refractivity contribution < 1.29 is 9.90 Å². The molecule has 1 N–H and O–H groups in total. The van der Waals surface area contributed by atoms with Crippen molar-refractivity contribution in [2.75, 3.05) is 0 Å². The Balaban J connectivity index is 0.000000980. The fourth-order valence-electron chi connectivity index (χ4n) is 1.28. The van der Waals surface area contributed by atoms with Crippen molar-refractivity contribution in [3.63, 3.8) is 0 Å². The second kappa shape index (κ2) is 4.23. The summed E-state index contributed by atoms with van der Waals surface area (Å²) in [5, 5.41) is 9.69. The lowest BCUT2D eigenvalue weighted by molar-refractivity contribution is 0.0699. The van der Waals surface area contributed by atoms with Crippen LogP contribution in [0, 0.1) is 0 Å². The number of aromatic carboxylic acids is 1. The number of carbonyl (C=O) groups is 1.